The highest BCUT2D eigenvalue weighted by molar-refractivity contribution is 7.88. The van der Waals surface area contributed by atoms with Crippen molar-refractivity contribution in [3.05, 3.63) is 35.9 Å². The first kappa shape index (κ1) is 17.4. The number of hydrogen-bond donors (Lipinski definition) is 2. The normalized spacial score (nSPS) is 18.2. The number of sulfonamides is 1. The molecule has 0 unspecified atom stereocenters. The summed E-state index contributed by atoms with van der Waals surface area (Å²) in [5.74, 6) is 0.0178. The van der Waals surface area contributed by atoms with E-state index in [1.54, 1.807) is 0 Å². The molecule has 0 radical (unpaired) electrons. The molecule has 6 heteroatoms. The van der Waals surface area contributed by atoms with Crippen LogP contribution in [0.4, 0.5) is 0 Å². The minimum absolute atomic E-state index is 0. The summed E-state index contributed by atoms with van der Waals surface area (Å²) < 4.78 is 26.7. The standard InChI is InChI=1S/C14H22N2O2S.ClH/c15-14(9-5-2-6-10-14)12-16-19(17,18)11-13-7-3-1-4-8-13;/h1,3-4,7-8,16H,2,5-6,9-12,15H2;1H. The van der Waals surface area contributed by atoms with Crippen molar-refractivity contribution < 1.29 is 8.42 Å². The lowest BCUT2D eigenvalue weighted by Gasteiger charge is -2.33. The molecular weight excluding hydrogens is 296 g/mol. The van der Waals surface area contributed by atoms with Gasteiger partial charge in [-0.15, -0.1) is 12.4 Å². The van der Waals surface area contributed by atoms with E-state index in [2.05, 4.69) is 4.72 Å². The average Bonchev–Trinajstić information content (AvgIpc) is 2.38. The summed E-state index contributed by atoms with van der Waals surface area (Å²) >= 11 is 0. The molecule has 1 saturated carbocycles. The van der Waals surface area contributed by atoms with Crippen molar-refractivity contribution in [3.63, 3.8) is 0 Å². The number of benzene rings is 1. The monoisotopic (exact) mass is 318 g/mol. The molecule has 1 aliphatic rings. The fourth-order valence-electron chi connectivity index (χ4n) is 2.53. The molecule has 0 aromatic heterocycles. The van der Waals surface area contributed by atoms with Gasteiger partial charge in [-0.25, -0.2) is 13.1 Å². The Morgan fingerprint density at radius 2 is 1.70 bits per heavy atom. The highest BCUT2D eigenvalue weighted by atomic mass is 35.5. The third-order valence-corrected chi connectivity index (χ3v) is 4.99. The molecule has 0 bridgehead atoms. The van der Waals surface area contributed by atoms with E-state index >= 15 is 0 Å². The van der Waals surface area contributed by atoms with Crippen molar-refractivity contribution in [3.8, 4) is 0 Å². The van der Waals surface area contributed by atoms with Crippen molar-refractivity contribution in [2.24, 2.45) is 5.73 Å². The Morgan fingerprint density at radius 3 is 2.30 bits per heavy atom. The highest BCUT2D eigenvalue weighted by Crippen LogP contribution is 2.25. The van der Waals surface area contributed by atoms with Gasteiger partial charge < -0.3 is 5.73 Å². The van der Waals surface area contributed by atoms with E-state index in [4.69, 9.17) is 5.73 Å². The molecule has 4 nitrogen and oxygen atoms in total. The molecule has 20 heavy (non-hydrogen) atoms. The van der Waals surface area contributed by atoms with E-state index in [0.717, 1.165) is 31.2 Å². The minimum Gasteiger partial charge on any atom is -0.324 e. The van der Waals surface area contributed by atoms with Crippen LogP contribution in [0.5, 0.6) is 0 Å². The molecule has 0 saturated heterocycles. The van der Waals surface area contributed by atoms with E-state index in [9.17, 15) is 8.42 Å². The lowest BCUT2D eigenvalue weighted by atomic mass is 9.83. The Morgan fingerprint density at radius 1 is 1.10 bits per heavy atom. The summed E-state index contributed by atoms with van der Waals surface area (Å²) in [5, 5.41) is 0. The molecule has 1 aromatic rings. The van der Waals surface area contributed by atoms with Gasteiger partial charge in [-0.1, -0.05) is 49.6 Å². The lowest BCUT2D eigenvalue weighted by molar-refractivity contribution is 0.296. The predicted octanol–water partition coefficient (Wildman–Crippen LogP) is 2.19. The molecular formula is C14H23ClN2O2S. The number of hydrogen-bond acceptors (Lipinski definition) is 3. The Bertz CT molecular complexity index is 499. The van der Waals surface area contributed by atoms with Crippen molar-refractivity contribution >= 4 is 22.4 Å². The average molecular weight is 319 g/mol. The number of halogens is 1. The van der Waals surface area contributed by atoms with Crippen LogP contribution in [0.3, 0.4) is 0 Å². The smallest absolute Gasteiger partial charge is 0.215 e. The van der Waals surface area contributed by atoms with Crippen molar-refractivity contribution in [1.82, 2.24) is 4.72 Å². The number of rotatable bonds is 5. The highest BCUT2D eigenvalue weighted by Gasteiger charge is 2.28. The zero-order valence-electron chi connectivity index (χ0n) is 11.5. The van der Waals surface area contributed by atoms with E-state index in [1.165, 1.54) is 6.42 Å². The number of nitrogens with one attached hydrogen (secondary N) is 1. The molecule has 1 aliphatic carbocycles. The first-order valence-electron chi connectivity index (χ1n) is 6.79. The summed E-state index contributed by atoms with van der Waals surface area (Å²) in [7, 11) is -3.30. The zero-order chi connectivity index (χ0) is 13.8. The Hall–Kier alpha value is -0.620. The van der Waals surface area contributed by atoms with Gasteiger partial charge >= 0.3 is 0 Å². The molecule has 1 aromatic carbocycles. The zero-order valence-corrected chi connectivity index (χ0v) is 13.2. The van der Waals surface area contributed by atoms with Crippen LogP contribution in [0.25, 0.3) is 0 Å². The first-order chi connectivity index (χ1) is 8.99. The van der Waals surface area contributed by atoms with Gasteiger partial charge in [0, 0.05) is 12.1 Å². The van der Waals surface area contributed by atoms with Gasteiger partial charge in [0.25, 0.3) is 0 Å². The van der Waals surface area contributed by atoms with Gasteiger partial charge in [-0.05, 0) is 18.4 Å². The summed E-state index contributed by atoms with van der Waals surface area (Å²) in [6.07, 6.45) is 5.20. The van der Waals surface area contributed by atoms with E-state index in [-0.39, 0.29) is 23.7 Å². The fraction of sp³-hybridized carbons (Fsp3) is 0.571. The molecule has 0 amide bonds. The molecule has 2 rings (SSSR count). The van der Waals surface area contributed by atoms with Crippen molar-refractivity contribution in [1.29, 1.82) is 0 Å². The second-order valence-electron chi connectivity index (χ2n) is 5.49. The van der Waals surface area contributed by atoms with Gasteiger partial charge in [0.05, 0.1) is 5.75 Å². The largest absolute Gasteiger partial charge is 0.324 e. The second kappa shape index (κ2) is 7.41. The van der Waals surface area contributed by atoms with Crippen molar-refractivity contribution in [2.45, 2.75) is 43.4 Å². The SMILES string of the molecule is Cl.NC1(CNS(=O)(=O)Cc2ccccc2)CCCCC1. The van der Waals surface area contributed by atoms with Crippen LogP contribution >= 0.6 is 12.4 Å². The van der Waals surface area contributed by atoms with E-state index < -0.39 is 10.0 Å². The molecule has 3 N–H and O–H groups in total. The van der Waals surface area contributed by atoms with Crippen molar-refractivity contribution in [2.75, 3.05) is 6.54 Å². The van der Waals surface area contributed by atoms with Gasteiger partial charge in [-0.3, -0.25) is 0 Å². The minimum atomic E-state index is -3.30. The fourth-order valence-corrected chi connectivity index (χ4v) is 3.77. The molecule has 1 fully saturated rings. The van der Waals surface area contributed by atoms with E-state index in [0.29, 0.717) is 6.54 Å². The first-order valence-corrected chi connectivity index (χ1v) is 8.45. The van der Waals surface area contributed by atoms with Crippen LogP contribution < -0.4 is 10.5 Å². The maximum Gasteiger partial charge on any atom is 0.215 e. The topological polar surface area (TPSA) is 72.2 Å². The number of nitrogens with two attached hydrogens (primary N) is 1. The summed E-state index contributed by atoms with van der Waals surface area (Å²) in [6, 6.07) is 9.20. The second-order valence-corrected chi connectivity index (χ2v) is 7.30. The summed E-state index contributed by atoms with van der Waals surface area (Å²) in [4.78, 5) is 0. The Kier molecular flexibility index (Phi) is 6.45. The van der Waals surface area contributed by atoms with Gasteiger partial charge in [0.2, 0.25) is 10.0 Å². The molecule has 0 aliphatic heterocycles. The molecule has 0 spiro atoms. The van der Waals surface area contributed by atoms with Gasteiger partial charge in [0.15, 0.2) is 0 Å². The Labute approximate surface area is 127 Å². The van der Waals surface area contributed by atoms with Gasteiger partial charge in [-0.2, -0.15) is 0 Å². The molecule has 0 heterocycles. The molecule has 114 valence electrons. The van der Waals surface area contributed by atoms with E-state index in [1.807, 2.05) is 30.3 Å². The van der Waals surface area contributed by atoms with Crippen LogP contribution in [0.2, 0.25) is 0 Å². The maximum atomic E-state index is 12.0. The van der Waals surface area contributed by atoms with Crippen LogP contribution in [-0.2, 0) is 15.8 Å². The van der Waals surface area contributed by atoms with Crippen LogP contribution in [0, 0.1) is 0 Å². The predicted molar refractivity (Wildman–Crippen MR) is 84.3 cm³/mol. The van der Waals surface area contributed by atoms with Crippen LogP contribution in [0.15, 0.2) is 30.3 Å². The lowest BCUT2D eigenvalue weighted by Crippen LogP contribution is -2.51. The quantitative estimate of drug-likeness (QED) is 0.874. The third-order valence-electron chi connectivity index (χ3n) is 3.69. The molecule has 0 atom stereocenters. The van der Waals surface area contributed by atoms with Crippen LogP contribution in [0.1, 0.15) is 37.7 Å². The van der Waals surface area contributed by atoms with Crippen LogP contribution in [-0.4, -0.2) is 20.5 Å². The summed E-state index contributed by atoms with van der Waals surface area (Å²) in [5.41, 5.74) is 6.67. The third kappa shape index (κ3) is 5.40. The Balaban J connectivity index is 0.00000200. The maximum absolute atomic E-state index is 12.0. The summed E-state index contributed by atoms with van der Waals surface area (Å²) in [6.45, 7) is 0.349. The van der Waals surface area contributed by atoms with Gasteiger partial charge in [0.1, 0.15) is 0 Å².